The second-order valence-corrected chi connectivity index (χ2v) is 8.18. The van der Waals surface area contributed by atoms with Crippen molar-refractivity contribution >= 4 is 38.8 Å². The summed E-state index contributed by atoms with van der Waals surface area (Å²) < 4.78 is 7.96. The van der Waals surface area contributed by atoms with Gasteiger partial charge in [0.2, 0.25) is 0 Å². The van der Waals surface area contributed by atoms with Crippen molar-refractivity contribution in [2.75, 3.05) is 6.61 Å². The minimum atomic E-state index is -0.990. The maximum absolute atomic E-state index is 12.8. The van der Waals surface area contributed by atoms with E-state index in [0.717, 1.165) is 20.9 Å². The topological polar surface area (TPSA) is 68.5 Å². The molecule has 0 saturated heterocycles. The van der Waals surface area contributed by atoms with Gasteiger partial charge in [-0.1, -0.05) is 54.0 Å². The molecule has 3 rings (SSSR count). The molecular weight excluding hydrogens is 434 g/mol. The van der Waals surface area contributed by atoms with Crippen LogP contribution in [0, 0.1) is 0 Å². The smallest absolute Gasteiger partial charge is 0.355 e. The van der Waals surface area contributed by atoms with Gasteiger partial charge in [0.25, 0.3) is 0 Å². The Morgan fingerprint density at radius 1 is 1.14 bits per heavy atom. The van der Waals surface area contributed by atoms with Gasteiger partial charge in [0, 0.05) is 27.5 Å². The molecule has 0 fully saturated rings. The molecule has 5 nitrogen and oxygen atoms in total. The first-order valence-electron chi connectivity index (χ1n) is 9.60. The van der Waals surface area contributed by atoms with Gasteiger partial charge in [-0.05, 0) is 42.2 Å². The molecule has 29 heavy (non-hydrogen) atoms. The van der Waals surface area contributed by atoms with Crippen molar-refractivity contribution in [2.24, 2.45) is 0 Å². The summed E-state index contributed by atoms with van der Waals surface area (Å²) in [6, 6.07) is 13.9. The molecule has 0 aliphatic carbocycles. The van der Waals surface area contributed by atoms with Crippen LogP contribution in [-0.2, 0) is 22.5 Å². The maximum Gasteiger partial charge on any atom is 0.355 e. The van der Waals surface area contributed by atoms with Crippen LogP contribution in [0.2, 0.25) is 0 Å². The van der Waals surface area contributed by atoms with Crippen molar-refractivity contribution in [3.05, 3.63) is 69.3 Å². The van der Waals surface area contributed by atoms with E-state index in [1.807, 2.05) is 34.9 Å². The molecule has 0 spiro atoms. The molecule has 0 aliphatic rings. The van der Waals surface area contributed by atoms with Crippen LogP contribution in [0.5, 0.6) is 0 Å². The fourth-order valence-corrected chi connectivity index (χ4v) is 3.88. The zero-order valence-electron chi connectivity index (χ0n) is 16.7. The molecule has 1 N–H and O–H groups in total. The monoisotopic (exact) mass is 457 g/mol. The number of hydrogen-bond acceptors (Lipinski definition) is 3. The molecule has 6 heteroatoms. The van der Waals surface area contributed by atoms with Crippen molar-refractivity contribution < 1.29 is 19.4 Å². The molecule has 0 aliphatic heterocycles. The van der Waals surface area contributed by atoms with Gasteiger partial charge in [-0.25, -0.2) is 4.79 Å². The summed E-state index contributed by atoms with van der Waals surface area (Å²) >= 11 is 3.45. The third-order valence-corrected chi connectivity index (χ3v) is 5.41. The largest absolute Gasteiger partial charge is 0.481 e. The number of rotatable bonds is 7. The number of nitrogens with zero attached hydrogens (tertiary/aromatic N) is 1. The molecule has 1 aromatic heterocycles. The van der Waals surface area contributed by atoms with Gasteiger partial charge in [-0.2, -0.15) is 0 Å². The highest BCUT2D eigenvalue weighted by atomic mass is 79.9. The highest BCUT2D eigenvalue weighted by Crippen LogP contribution is 2.31. The molecule has 0 atom stereocenters. The molecule has 3 aromatic rings. The van der Waals surface area contributed by atoms with E-state index in [2.05, 4.69) is 41.9 Å². The summed E-state index contributed by atoms with van der Waals surface area (Å²) in [6.07, 6.45) is -0.250. The first-order chi connectivity index (χ1) is 13.8. The summed E-state index contributed by atoms with van der Waals surface area (Å²) in [6.45, 7) is 6.69. The summed E-state index contributed by atoms with van der Waals surface area (Å²) in [5.41, 5.74) is 3.86. The van der Waals surface area contributed by atoms with E-state index in [1.165, 1.54) is 5.56 Å². The molecule has 152 valence electrons. The summed E-state index contributed by atoms with van der Waals surface area (Å²) in [5, 5.41) is 10.2. The van der Waals surface area contributed by atoms with E-state index >= 15 is 0 Å². The Labute approximate surface area is 178 Å². The molecule has 0 saturated carbocycles. The van der Waals surface area contributed by atoms with Gasteiger partial charge in [0.05, 0.1) is 13.0 Å². The highest BCUT2D eigenvalue weighted by Gasteiger charge is 2.25. The van der Waals surface area contributed by atoms with Gasteiger partial charge in [-0.3, -0.25) is 4.79 Å². The van der Waals surface area contributed by atoms with E-state index < -0.39 is 11.9 Å². The number of carboxylic acid groups (broad SMARTS) is 1. The Balaban J connectivity index is 2.18. The predicted octanol–water partition coefficient (Wildman–Crippen LogP) is 5.38. The molecule has 1 heterocycles. The lowest BCUT2D eigenvalue weighted by molar-refractivity contribution is -0.136. The van der Waals surface area contributed by atoms with E-state index in [0.29, 0.717) is 23.7 Å². The van der Waals surface area contributed by atoms with Crippen molar-refractivity contribution in [3.63, 3.8) is 0 Å². The first-order valence-corrected chi connectivity index (χ1v) is 10.4. The Kier molecular flexibility index (Phi) is 6.42. The lowest BCUT2D eigenvalue weighted by Gasteiger charge is -2.12. The lowest BCUT2D eigenvalue weighted by atomic mass is 10.0. The van der Waals surface area contributed by atoms with Gasteiger partial charge < -0.3 is 14.4 Å². The lowest BCUT2D eigenvalue weighted by Crippen LogP contribution is -2.16. The van der Waals surface area contributed by atoms with Crippen molar-refractivity contribution in [1.82, 2.24) is 4.57 Å². The maximum atomic E-state index is 12.8. The van der Waals surface area contributed by atoms with Crippen LogP contribution >= 0.6 is 15.9 Å². The van der Waals surface area contributed by atoms with Crippen LogP contribution in [0.1, 0.15) is 53.9 Å². The highest BCUT2D eigenvalue weighted by molar-refractivity contribution is 9.10. The number of carbonyl (C=O) groups is 2. The van der Waals surface area contributed by atoms with E-state index in [9.17, 15) is 14.7 Å². The average Bonchev–Trinajstić information content (AvgIpc) is 2.94. The zero-order chi connectivity index (χ0) is 21.1. The number of carboxylic acids is 1. The molecule has 2 aromatic carbocycles. The van der Waals surface area contributed by atoms with Crippen molar-refractivity contribution in [1.29, 1.82) is 0 Å². The van der Waals surface area contributed by atoms with Crippen LogP contribution in [0.25, 0.3) is 10.9 Å². The third-order valence-electron chi connectivity index (χ3n) is 4.91. The number of aliphatic carboxylic acids is 1. The van der Waals surface area contributed by atoms with Crippen LogP contribution in [-0.4, -0.2) is 28.2 Å². The van der Waals surface area contributed by atoms with Gasteiger partial charge in [0.1, 0.15) is 5.69 Å². The number of fused-ring (bicyclic) bond motifs is 1. The summed E-state index contributed by atoms with van der Waals surface area (Å²) in [5.74, 6) is -1.06. The normalized spacial score (nSPS) is 11.2. The van der Waals surface area contributed by atoms with Crippen LogP contribution in [0.4, 0.5) is 0 Å². The van der Waals surface area contributed by atoms with Crippen LogP contribution in [0.3, 0.4) is 0 Å². The Bertz CT molecular complexity index is 1050. The SMILES string of the molecule is CCOC(=O)c1c(CC(=O)O)c2cc(Br)ccc2n1Cc1ccc(C(C)C)cc1. The molecule has 0 amide bonds. The fraction of sp³-hybridized carbons (Fsp3) is 0.304. The van der Waals surface area contributed by atoms with Crippen LogP contribution in [0.15, 0.2) is 46.9 Å². The number of benzene rings is 2. The van der Waals surface area contributed by atoms with Gasteiger partial charge in [0.15, 0.2) is 0 Å². The quantitative estimate of drug-likeness (QED) is 0.483. The van der Waals surface area contributed by atoms with E-state index in [-0.39, 0.29) is 13.0 Å². The van der Waals surface area contributed by atoms with Gasteiger partial charge >= 0.3 is 11.9 Å². The second-order valence-electron chi connectivity index (χ2n) is 7.26. The predicted molar refractivity (Wildman–Crippen MR) is 117 cm³/mol. The second kappa shape index (κ2) is 8.82. The van der Waals surface area contributed by atoms with Gasteiger partial charge in [-0.15, -0.1) is 0 Å². The number of ether oxygens (including phenoxy) is 1. The van der Waals surface area contributed by atoms with E-state index in [1.54, 1.807) is 6.92 Å². The van der Waals surface area contributed by atoms with Crippen molar-refractivity contribution in [2.45, 2.75) is 39.7 Å². The Morgan fingerprint density at radius 2 is 1.83 bits per heavy atom. The minimum absolute atomic E-state index is 0.222. The number of esters is 1. The average molecular weight is 458 g/mol. The molecule has 0 unspecified atom stereocenters. The number of hydrogen-bond donors (Lipinski definition) is 1. The summed E-state index contributed by atoms with van der Waals surface area (Å²) in [4.78, 5) is 24.3. The fourth-order valence-electron chi connectivity index (χ4n) is 3.51. The summed E-state index contributed by atoms with van der Waals surface area (Å²) in [7, 11) is 0. The minimum Gasteiger partial charge on any atom is -0.481 e. The third kappa shape index (κ3) is 4.53. The zero-order valence-corrected chi connectivity index (χ0v) is 18.3. The number of carbonyl (C=O) groups excluding carboxylic acids is 1. The van der Waals surface area contributed by atoms with Crippen LogP contribution < -0.4 is 0 Å². The standard InChI is InChI=1S/C23H24BrNO4/c1-4-29-23(28)22-19(12-21(26)27)18-11-17(24)9-10-20(18)25(22)13-15-5-7-16(8-6-15)14(2)3/h5-11,14H,4,12-13H2,1-3H3,(H,26,27). The number of halogens is 1. The Hall–Kier alpha value is -2.60. The van der Waals surface area contributed by atoms with Crippen molar-refractivity contribution in [3.8, 4) is 0 Å². The van der Waals surface area contributed by atoms with E-state index in [4.69, 9.17) is 4.74 Å². The molecule has 0 bridgehead atoms. The molecule has 0 radical (unpaired) electrons. The molecular formula is C23H24BrNO4. The Morgan fingerprint density at radius 3 is 2.41 bits per heavy atom. The number of aromatic nitrogens is 1. The first kappa shape index (κ1) is 21.1.